The number of methoxy groups -OCH3 is 1. The second-order valence-corrected chi connectivity index (χ2v) is 10.9. The molecule has 4 aromatic rings. The smallest absolute Gasteiger partial charge is 0.254 e. The molecule has 39 heavy (non-hydrogen) atoms. The topological polar surface area (TPSA) is 69.5 Å². The quantitative estimate of drug-likeness (QED) is 0.321. The van der Waals surface area contributed by atoms with E-state index in [1.54, 1.807) is 24.1 Å². The summed E-state index contributed by atoms with van der Waals surface area (Å²) in [6.07, 6.45) is 0.918. The van der Waals surface area contributed by atoms with Crippen molar-refractivity contribution in [2.75, 3.05) is 7.11 Å². The Morgan fingerprint density at radius 3 is 2.64 bits per heavy atom. The van der Waals surface area contributed by atoms with Gasteiger partial charge < -0.3 is 18.9 Å². The lowest BCUT2D eigenvalue weighted by Crippen LogP contribution is -2.29. The van der Waals surface area contributed by atoms with Crippen molar-refractivity contribution in [3.8, 4) is 22.9 Å². The predicted octanol–water partition coefficient (Wildman–Crippen LogP) is 5.84. The molecule has 0 aliphatic carbocycles. The summed E-state index contributed by atoms with van der Waals surface area (Å²) in [4.78, 5) is 14.8. The van der Waals surface area contributed by atoms with Crippen molar-refractivity contribution in [2.45, 2.75) is 44.5 Å². The standard InChI is InChI=1S/C29H23ClF2N4O3/c1-15-11-29(12-17-7-19(30)9-24(32)25(17)39-29)28-34-33-26(36(15)28)22-8-18-14-35(27(37)21(18)10-23(22)31)13-16-3-5-20(38-2)6-4-16/h3-10,15H,11-14H2,1-2H3. The van der Waals surface area contributed by atoms with Gasteiger partial charge in [0.25, 0.3) is 5.91 Å². The highest BCUT2D eigenvalue weighted by molar-refractivity contribution is 6.30. The van der Waals surface area contributed by atoms with Gasteiger partial charge in [0.2, 0.25) is 0 Å². The van der Waals surface area contributed by atoms with Crippen molar-refractivity contribution in [2.24, 2.45) is 0 Å². The zero-order valence-corrected chi connectivity index (χ0v) is 21.9. The molecule has 3 aliphatic heterocycles. The van der Waals surface area contributed by atoms with E-state index in [9.17, 15) is 9.18 Å². The molecule has 0 radical (unpaired) electrons. The molecule has 0 saturated carbocycles. The molecule has 0 bridgehead atoms. The molecule has 10 heteroatoms. The zero-order valence-electron chi connectivity index (χ0n) is 21.2. The van der Waals surface area contributed by atoms with Crippen molar-refractivity contribution in [3.05, 3.63) is 93.3 Å². The van der Waals surface area contributed by atoms with Gasteiger partial charge in [-0.2, -0.15) is 0 Å². The zero-order chi connectivity index (χ0) is 27.1. The second-order valence-electron chi connectivity index (χ2n) is 10.4. The van der Waals surface area contributed by atoms with Gasteiger partial charge in [0.1, 0.15) is 11.6 Å². The van der Waals surface area contributed by atoms with E-state index in [1.165, 1.54) is 12.1 Å². The number of nitrogens with zero attached hydrogens (tertiary/aromatic N) is 4. The molecular weight excluding hydrogens is 526 g/mol. The number of carbonyl (C=O) groups is 1. The molecule has 0 N–H and O–H groups in total. The van der Waals surface area contributed by atoms with E-state index >= 15 is 4.39 Å². The van der Waals surface area contributed by atoms with Gasteiger partial charge in [0.15, 0.2) is 28.8 Å². The van der Waals surface area contributed by atoms with Gasteiger partial charge in [-0.15, -0.1) is 10.2 Å². The Morgan fingerprint density at radius 2 is 1.87 bits per heavy atom. The van der Waals surface area contributed by atoms with E-state index < -0.39 is 17.2 Å². The van der Waals surface area contributed by atoms with Crippen LogP contribution in [0.2, 0.25) is 5.02 Å². The summed E-state index contributed by atoms with van der Waals surface area (Å²) in [6.45, 7) is 2.73. The summed E-state index contributed by atoms with van der Waals surface area (Å²) in [6, 6.07) is 13.3. The van der Waals surface area contributed by atoms with Crippen LogP contribution in [-0.2, 0) is 25.1 Å². The summed E-state index contributed by atoms with van der Waals surface area (Å²) < 4.78 is 43.4. The van der Waals surface area contributed by atoms with Crippen LogP contribution in [0.5, 0.6) is 11.5 Å². The van der Waals surface area contributed by atoms with Gasteiger partial charge in [0.05, 0.1) is 12.7 Å². The van der Waals surface area contributed by atoms with E-state index in [0.717, 1.165) is 16.9 Å². The first-order valence-electron chi connectivity index (χ1n) is 12.6. The number of halogens is 3. The summed E-state index contributed by atoms with van der Waals surface area (Å²) in [5.41, 5.74) is 2.05. The molecule has 1 aromatic heterocycles. The van der Waals surface area contributed by atoms with E-state index in [0.29, 0.717) is 53.7 Å². The molecular formula is C29H23ClF2N4O3. The van der Waals surface area contributed by atoms with E-state index in [-0.39, 0.29) is 23.3 Å². The maximum atomic E-state index is 15.5. The maximum Gasteiger partial charge on any atom is 0.254 e. The fourth-order valence-corrected chi connectivity index (χ4v) is 6.37. The molecule has 198 valence electrons. The lowest BCUT2D eigenvalue weighted by molar-refractivity contribution is 0.0766. The molecule has 7 rings (SSSR count). The SMILES string of the molecule is COc1ccc(CN2Cc3cc(-c4nnc5n4C(C)CC54Cc5cc(Cl)cc(F)c5O4)c(F)cc3C2=O)cc1. The van der Waals surface area contributed by atoms with Gasteiger partial charge in [0, 0.05) is 48.1 Å². The average Bonchev–Trinajstić information content (AvgIpc) is 3.64. The summed E-state index contributed by atoms with van der Waals surface area (Å²) in [7, 11) is 1.60. The molecule has 1 spiro atoms. The third kappa shape index (κ3) is 3.63. The Kier molecular flexibility index (Phi) is 5.26. The average molecular weight is 549 g/mol. The molecule has 0 fully saturated rings. The first kappa shape index (κ1) is 24.1. The molecule has 1 amide bonds. The Bertz CT molecular complexity index is 1670. The molecule has 3 aliphatic rings. The maximum absolute atomic E-state index is 15.5. The van der Waals surface area contributed by atoms with Crippen molar-refractivity contribution >= 4 is 17.5 Å². The van der Waals surface area contributed by atoms with Gasteiger partial charge in [-0.3, -0.25) is 4.79 Å². The molecule has 7 nitrogen and oxygen atoms in total. The van der Waals surface area contributed by atoms with Crippen LogP contribution in [0.25, 0.3) is 11.4 Å². The minimum Gasteiger partial charge on any atom is -0.497 e. The highest BCUT2D eigenvalue weighted by atomic mass is 35.5. The highest BCUT2D eigenvalue weighted by Crippen LogP contribution is 2.52. The molecule has 2 atom stereocenters. The van der Waals surface area contributed by atoms with Crippen LogP contribution in [0, 0.1) is 11.6 Å². The lowest BCUT2D eigenvalue weighted by Gasteiger charge is -2.21. The number of rotatable bonds is 4. The fourth-order valence-electron chi connectivity index (χ4n) is 6.15. The summed E-state index contributed by atoms with van der Waals surface area (Å²) in [5.74, 6) is 0.493. The molecule has 2 unspecified atom stereocenters. The van der Waals surface area contributed by atoms with Gasteiger partial charge in [-0.25, -0.2) is 8.78 Å². The lowest BCUT2D eigenvalue weighted by atomic mass is 9.93. The van der Waals surface area contributed by atoms with Crippen LogP contribution in [0.15, 0.2) is 48.5 Å². The van der Waals surface area contributed by atoms with Crippen LogP contribution < -0.4 is 9.47 Å². The number of hydrogen-bond donors (Lipinski definition) is 0. The minimum absolute atomic E-state index is 0.126. The van der Waals surface area contributed by atoms with Crippen molar-refractivity contribution in [1.82, 2.24) is 19.7 Å². The number of aromatic nitrogens is 3. The predicted molar refractivity (Wildman–Crippen MR) is 139 cm³/mol. The fraction of sp³-hybridized carbons (Fsp3) is 0.276. The Hall–Kier alpha value is -3.98. The van der Waals surface area contributed by atoms with Crippen molar-refractivity contribution in [1.29, 1.82) is 0 Å². The third-order valence-corrected chi connectivity index (χ3v) is 8.09. The molecule has 3 aromatic carbocycles. The first-order chi connectivity index (χ1) is 18.8. The molecule has 4 heterocycles. The number of carbonyl (C=O) groups excluding carboxylic acids is 1. The van der Waals surface area contributed by atoms with E-state index in [1.807, 2.05) is 35.8 Å². The molecule has 0 saturated heterocycles. The highest BCUT2D eigenvalue weighted by Gasteiger charge is 2.53. The van der Waals surface area contributed by atoms with Crippen LogP contribution >= 0.6 is 11.6 Å². The summed E-state index contributed by atoms with van der Waals surface area (Å²) in [5, 5.41) is 9.06. The van der Waals surface area contributed by atoms with Crippen LogP contribution in [0.3, 0.4) is 0 Å². The van der Waals surface area contributed by atoms with Crippen LogP contribution in [0.1, 0.15) is 52.3 Å². The number of fused-ring (bicyclic) bond motifs is 4. The number of amides is 1. The van der Waals surface area contributed by atoms with E-state index in [2.05, 4.69) is 10.2 Å². The third-order valence-electron chi connectivity index (χ3n) is 7.87. The van der Waals surface area contributed by atoms with Gasteiger partial charge in [-0.1, -0.05) is 23.7 Å². The number of hydrogen-bond acceptors (Lipinski definition) is 5. The summed E-state index contributed by atoms with van der Waals surface area (Å²) >= 11 is 6.08. The van der Waals surface area contributed by atoms with Gasteiger partial charge in [-0.05, 0) is 54.4 Å². The second kappa shape index (κ2) is 8.51. The van der Waals surface area contributed by atoms with Crippen LogP contribution in [0.4, 0.5) is 8.78 Å². The Morgan fingerprint density at radius 1 is 1.08 bits per heavy atom. The minimum atomic E-state index is -0.906. The largest absolute Gasteiger partial charge is 0.497 e. The van der Waals surface area contributed by atoms with Crippen molar-refractivity contribution < 1.29 is 23.0 Å². The normalized spacial score (nSPS) is 20.8. The van der Waals surface area contributed by atoms with E-state index in [4.69, 9.17) is 21.1 Å². The monoisotopic (exact) mass is 548 g/mol. The Labute approximate surface area is 227 Å². The Balaban J connectivity index is 1.21. The number of benzene rings is 3. The van der Waals surface area contributed by atoms with Crippen molar-refractivity contribution in [3.63, 3.8) is 0 Å². The van der Waals surface area contributed by atoms with Gasteiger partial charge >= 0.3 is 0 Å². The van der Waals surface area contributed by atoms with Crippen LogP contribution in [-0.4, -0.2) is 32.7 Å². The first-order valence-corrected chi connectivity index (χ1v) is 13.0. The number of ether oxygens (including phenoxy) is 2.